The van der Waals surface area contributed by atoms with Gasteiger partial charge in [0.2, 0.25) is 10.0 Å². The molecule has 0 atom stereocenters. The molecule has 1 rings (SSSR count). The van der Waals surface area contributed by atoms with Crippen LogP contribution < -0.4 is 4.72 Å². The Balaban J connectivity index is 2.54. The van der Waals surface area contributed by atoms with E-state index in [1.54, 1.807) is 0 Å². The fourth-order valence-electron chi connectivity index (χ4n) is 1.26. The van der Waals surface area contributed by atoms with Gasteiger partial charge >= 0.3 is 0 Å². The zero-order chi connectivity index (χ0) is 12.0. The smallest absolute Gasteiger partial charge is 0.209 e. The second-order valence-electron chi connectivity index (χ2n) is 3.62. The molecule has 16 heavy (non-hydrogen) atoms. The maximum Gasteiger partial charge on any atom is 0.209 e. The monoisotopic (exact) mass is 241 g/mol. The van der Waals surface area contributed by atoms with Crippen LogP contribution in [0.1, 0.15) is 17.5 Å². The Morgan fingerprint density at radius 1 is 1.19 bits per heavy atom. The molecule has 1 N–H and O–H groups in total. The number of nitrogens with one attached hydrogen (secondary N) is 1. The van der Waals surface area contributed by atoms with Crippen LogP contribution in [-0.4, -0.2) is 21.0 Å². The number of aldehydes is 1. The number of carbonyl (C=O) groups is 1. The Morgan fingerprint density at radius 2 is 1.75 bits per heavy atom. The van der Waals surface area contributed by atoms with Crippen LogP contribution >= 0.6 is 0 Å². The number of carbonyl (C=O) groups excluding carboxylic acids is 1. The van der Waals surface area contributed by atoms with Crippen molar-refractivity contribution in [2.24, 2.45) is 0 Å². The van der Waals surface area contributed by atoms with Gasteiger partial charge in [-0.25, -0.2) is 13.1 Å². The van der Waals surface area contributed by atoms with Crippen molar-refractivity contribution in [2.75, 3.05) is 6.26 Å². The van der Waals surface area contributed by atoms with Crippen LogP contribution in [0.4, 0.5) is 0 Å². The van der Waals surface area contributed by atoms with Crippen molar-refractivity contribution in [1.82, 2.24) is 4.72 Å². The molecule has 0 fully saturated rings. The van der Waals surface area contributed by atoms with Crippen molar-refractivity contribution < 1.29 is 13.2 Å². The van der Waals surface area contributed by atoms with Crippen molar-refractivity contribution in [2.45, 2.75) is 19.4 Å². The highest BCUT2D eigenvalue weighted by Gasteiger charge is 2.00. The number of benzene rings is 1. The summed E-state index contributed by atoms with van der Waals surface area (Å²) in [6, 6.07) is 7.53. The molecule has 0 aliphatic carbocycles. The van der Waals surface area contributed by atoms with Crippen molar-refractivity contribution in [3.8, 4) is 0 Å². The maximum absolute atomic E-state index is 10.9. The maximum atomic E-state index is 10.9. The molecular formula is C11H15NO3S. The molecule has 1 aromatic carbocycles. The van der Waals surface area contributed by atoms with Gasteiger partial charge in [-0.1, -0.05) is 24.3 Å². The average Bonchev–Trinajstić information content (AvgIpc) is 2.24. The van der Waals surface area contributed by atoms with Gasteiger partial charge in [-0.2, -0.15) is 0 Å². The van der Waals surface area contributed by atoms with Gasteiger partial charge in [0.25, 0.3) is 0 Å². The van der Waals surface area contributed by atoms with Gasteiger partial charge < -0.3 is 4.79 Å². The van der Waals surface area contributed by atoms with E-state index >= 15 is 0 Å². The molecule has 0 heterocycles. The lowest BCUT2D eigenvalue weighted by Crippen LogP contribution is -2.21. The molecule has 5 heteroatoms. The first kappa shape index (κ1) is 12.9. The number of hydrogen-bond donors (Lipinski definition) is 1. The number of rotatable bonds is 6. The van der Waals surface area contributed by atoms with Crippen LogP contribution in [0.3, 0.4) is 0 Å². The highest BCUT2D eigenvalue weighted by molar-refractivity contribution is 7.88. The number of hydrogen-bond acceptors (Lipinski definition) is 3. The van der Waals surface area contributed by atoms with Crippen molar-refractivity contribution >= 4 is 16.3 Å². The Labute approximate surface area is 95.7 Å². The molecule has 0 aliphatic rings. The van der Waals surface area contributed by atoms with Gasteiger partial charge in [0.15, 0.2) is 0 Å². The van der Waals surface area contributed by atoms with E-state index in [1.807, 2.05) is 24.3 Å². The minimum Gasteiger partial charge on any atom is -0.303 e. The van der Waals surface area contributed by atoms with E-state index in [4.69, 9.17) is 0 Å². The Kier molecular flexibility index (Phi) is 4.64. The molecule has 0 unspecified atom stereocenters. The first-order valence-electron chi connectivity index (χ1n) is 4.97. The van der Waals surface area contributed by atoms with Crippen LogP contribution in [0.15, 0.2) is 24.3 Å². The minimum atomic E-state index is -3.14. The van der Waals surface area contributed by atoms with Crippen LogP contribution in [0.2, 0.25) is 0 Å². The summed E-state index contributed by atoms with van der Waals surface area (Å²) in [5, 5.41) is 0. The Hall–Kier alpha value is -1.20. The summed E-state index contributed by atoms with van der Waals surface area (Å²) in [5.41, 5.74) is 1.98. The van der Waals surface area contributed by atoms with E-state index < -0.39 is 10.0 Å². The topological polar surface area (TPSA) is 63.2 Å². The molecule has 0 spiro atoms. The molecule has 4 nitrogen and oxygen atoms in total. The minimum absolute atomic E-state index is 0.298. The number of aryl methyl sites for hydroxylation is 1. The molecule has 88 valence electrons. The van der Waals surface area contributed by atoms with Crippen LogP contribution in [0.5, 0.6) is 0 Å². The molecule has 0 amide bonds. The van der Waals surface area contributed by atoms with Crippen LogP contribution in [0, 0.1) is 0 Å². The third kappa shape index (κ3) is 5.04. The predicted molar refractivity (Wildman–Crippen MR) is 62.5 cm³/mol. The summed E-state index contributed by atoms with van der Waals surface area (Å²) in [7, 11) is -3.14. The molecular weight excluding hydrogens is 226 g/mol. The highest BCUT2D eigenvalue weighted by Crippen LogP contribution is 2.06. The summed E-state index contributed by atoms with van der Waals surface area (Å²) in [6.07, 6.45) is 3.26. The third-order valence-electron chi connectivity index (χ3n) is 2.11. The Morgan fingerprint density at radius 3 is 2.25 bits per heavy atom. The predicted octanol–water partition coefficient (Wildman–Crippen LogP) is 0.867. The van der Waals surface area contributed by atoms with E-state index in [1.165, 1.54) is 0 Å². The first-order valence-corrected chi connectivity index (χ1v) is 6.86. The summed E-state index contributed by atoms with van der Waals surface area (Å²) in [4.78, 5) is 10.2. The lowest BCUT2D eigenvalue weighted by molar-refractivity contribution is -0.107. The van der Waals surface area contributed by atoms with E-state index in [0.717, 1.165) is 30.1 Å². The third-order valence-corrected chi connectivity index (χ3v) is 2.78. The van der Waals surface area contributed by atoms with E-state index in [2.05, 4.69) is 4.72 Å². The molecule has 0 aliphatic heterocycles. The second-order valence-corrected chi connectivity index (χ2v) is 5.45. The zero-order valence-electron chi connectivity index (χ0n) is 9.14. The summed E-state index contributed by atoms with van der Waals surface area (Å²) >= 11 is 0. The van der Waals surface area contributed by atoms with Gasteiger partial charge in [0.1, 0.15) is 6.29 Å². The van der Waals surface area contributed by atoms with E-state index in [9.17, 15) is 13.2 Å². The van der Waals surface area contributed by atoms with Crippen molar-refractivity contribution in [3.05, 3.63) is 35.4 Å². The van der Waals surface area contributed by atoms with Crippen LogP contribution in [0.25, 0.3) is 0 Å². The second kappa shape index (κ2) is 5.77. The largest absolute Gasteiger partial charge is 0.303 e. The molecule has 0 saturated heterocycles. The van der Waals surface area contributed by atoms with Gasteiger partial charge in [0.05, 0.1) is 6.26 Å². The quantitative estimate of drug-likeness (QED) is 0.752. The van der Waals surface area contributed by atoms with E-state index in [-0.39, 0.29) is 0 Å². The SMILES string of the molecule is CS(=O)(=O)NCc1ccc(CCC=O)cc1. The summed E-state index contributed by atoms with van der Waals surface area (Å²) < 4.78 is 24.1. The highest BCUT2D eigenvalue weighted by atomic mass is 32.2. The van der Waals surface area contributed by atoms with Crippen molar-refractivity contribution in [3.63, 3.8) is 0 Å². The summed E-state index contributed by atoms with van der Waals surface area (Å²) in [6.45, 7) is 0.298. The summed E-state index contributed by atoms with van der Waals surface area (Å²) in [5.74, 6) is 0. The van der Waals surface area contributed by atoms with Crippen molar-refractivity contribution in [1.29, 1.82) is 0 Å². The van der Waals surface area contributed by atoms with Gasteiger partial charge in [0, 0.05) is 13.0 Å². The lowest BCUT2D eigenvalue weighted by Gasteiger charge is -2.03. The lowest BCUT2D eigenvalue weighted by atomic mass is 10.1. The van der Waals surface area contributed by atoms with Crippen LogP contribution in [-0.2, 0) is 27.8 Å². The Bertz CT molecular complexity index is 437. The molecule has 0 aromatic heterocycles. The van der Waals surface area contributed by atoms with Gasteiger partial charge in [-0.3, -0.25) is 0 Å². The van der Waals surface area contributed by atoms with Gasteiger partial charge in [-0.15, -0.1) is 0 Å². The number of sulfonamides is 1. The standard InChI is InChI=1S/C11H15NO3S/c1-16(14,15)12-9-11-6-4-10(5-7-11)3-2-8-13/h4-8,12H,2-3,9H2,1H3. The van der Waals surface area contributed by atoms with Gasteiger partial charge in [-0.05, 0) is 17.5 Å². The zero-order valence-corrected chi connectivity index (χ0v) is 9.96. The fourth-order valence-corrected chi connectivity index (χ4v) is 1.69. The molecule has 0 bridgehead atoms. The van der Waals surface area contributed by atoms with E-state index in [0.29, 0.717) is 13.0 Å². The first-order chi connectivity index (χ1) is 7.51. The molecule has 0 radical (unpaired) electrons. The average molecular weight is 241 g/mol. The molecule has 0 saturated carbocycles. The normalized spacial score (nSPS) is 11.3. The molecule has 1 aromatic rings. The fraction of sp³-hybridized carbons (Fsp3) is 0.364.